The molecule has 5 nitrogen and oxygen atoms in total. The summed E-state index contributed by atoms with van der Waals surface area (Å²) in [7, 11) is 3.51. The highest BCUT2D eigenvalue weighted by atomic mass is 32.2. The fourth-order valence-electron chi connectivity index (χ4n) is 3.99. The maximum Gasteiger partial charge on any atom is 0.262 e. The Kier molecular flexibility index (Phi) is 5.94. The number of para-hydroxylation sites is 1. The van der Waals surface area contributed by atoms with Gasteiger partial charge in [0, 0.05) is 20.1 Å². The van der Waals surface area contributed by atoms with E-state index < -0.39 is 0 Å². The van der Waals surface area contributed by atoms with Crippen molar-refractivity contribution in [2.45, 2.75) is 56.5 Å². The monoisotopic (exact) mass is 387 g/mol. The van der Waals surface area contributed by atoms with Gasteiger partial charge in [-0.2, -0.15) is 0 Å². The van der Waals surface area contributed by atoms with Crippen LogP contribution < -0.4 is 5.56 Å². The molecule has 0 spiro atoms. The SMILES string of the molecule is C[C@@H]1[C@H](C)CCC[C@@H]1n1c(S[C@@H](C)C(=O)N(C)C)nc2ccccc2c1=O. The molecular weight excluding hydrogens is 358 g/mol. The van der Waals surface area contributed by atoms with Crippen LogP contribution in [0, 0.1) is 11.8 Å². The molecule has 1 aliphatic rings. The number of aromatic nitrogens is 2. The van der Waals surface area contributed by atoms with Gasteiger partial charge in [-0.1, -0.05) is 50.6 Å². The highest BCUT2D eigenvalue weighted by Gasteiger charge is 2.32. The molecule has 1 amide bonds. The van der Waals surface area contributed by atoms with E-state index in [9.17, 15) is 9.59 Å². The summed E-state index contributed by atoms with van der Waals surface area (Å²) in [5, 5.41) is 1.02. The molecule has 4 atom stereocenters. The summed E-state index contributed by atoms with van der Waals surface area (Å²) in [4.78, 5) is 32.2. The van der Waals surface area contributed by atoms with Crippen LogP contribution in [-0.4, -0.2) is 39.7 Å². The molecule has 2 aromatic rings. The number of hydrogen-bond donors (Lipinski definition) is 0. The summed E-state index contributed by atoms with van der Waals surface area (Å²) in [6.07, 6.45) is 3.30. The molecule has 0 unspecified atom stereocenters. The van der Waals surface area contributed by atoms with Gasteiger partial charge in [0.1, 0.15) is 0 Å². The first kappa shape index (κ1) is 19.9. The third-order valence-corrected chi connectivity index (χ3v) is 6.90. The van der Waals surface area contributed by atoms with Gasteiger partial charge in [0.05, 0.1) is 16.2 Å². The Hall–Kier alpha value is -1.82. The minimum Gasteiger partial charge on any atom is -0.348 e. The lowest BCUT2D eigenvalue weighted by Gasteiger charge is -2.36. The summed E-state index contributed by atoms with van der Waals surface area (Å²) in [5.74, 6) is 0.999. The summed E-state index contributed by atoms with van der Waals surface area (Å²) < 4.78 is 1.88. The molecule has 1 heterocycles. The molecule has 1 fully saturated rings. The zero-order chi connectivity index (χ0) is 19.7. The van der Waals surface area contributed by atoms with E-state index in [1.807, 2.05) is 35.8 Å². The first-order chi connectivity index (χ1) is 12.8. The van der Waals surface area contributed by atoms with E-state index in [2.05, 4.69) is 13.8 Å². The maximum absolute atomic E-state index is 13.4. The van der Waals surface area contributed by atoms with Crippen LogP contribution in [0.4, 0.5) is 0 Å². The van der Waals surface area contributed by atoms with Crippen LogP contribution >= 0.6 is 11.8 Å². The number of amides is 1. The maximum atomic E-state index is 13.4. The minimum absolute atomic E-state index is 0.0125. The Morgan fingerprint density at radius 1 is 1.26 bits per heavy atom. The van der Waals surface area contributed by atoms with E-state index in [-0.39, 0.29) is 22.8 Å². The van der Waals surface area contributed by atoms with Gasteiger partial charge in [-0.15, -0.1) is 0 Å². The van der Waals surface area contributed by atoms with Gasteiger partial charge in [-0.25, -0.2) is 4.98 Å². The normalized spacial score (nSPS) is 24.0. The molecule has 0 radical (unpaired) electrons. The van der Waals surface area contributed by atoms with Crippen LogP contribution in [0.25, 0.3) is 10.9 Å². The number of rotatable bonds is 4. The van der Waals surface area contributed by atoms with Crippen LogP contribution in [0.15, 0.2) is 34.2 Å². The van der Waals surface area contributed by atoms with Crippen molar-refractivity contribution in [3.05, 3.63) is 34.6 Å². The highest BCUT2D eigenvalue weighted by molar-refractivity contribution is 8.00. The lowest BCUT2D eigenvalue weighted by atomic mass is 9.78. The molecule has 1 aromatic carbocycles. The predicted octanol–water partition coefficient (Wildman–Crippen LogP) is 3.96. The lowest BCUT2D eigenvalue weighted by Crippen LogP contribution is -2.36. The number of carbonyl (C=O) groups is 1. The number of carbonyl (C=O) groups excluding carboxylic acids is 1. The first-order valence-electron chi connectivity index (χ1n) is 9.70. The van der Waals surface area contributed by atoms with E-state index >= 15 is 0 Å². The molecule has 27 heavy (non-hydrogen) atoms. The summed E-state index contributed by atoms with van der Waals surface area (Å²) in [5.41, 5.74) is 0.709. The molecule has 146 valence electrons. The van der Waals surface area contributed by atoms with Gasteiger partial charge in [0.25, 0.3) is 5.56 Å². The number of thioether (sulfide) groups is 1. The van der Waals surface area contributed by atoms with Gasteiger partial charge in [-0.05, 0) is 37.3 Å². The lowest BCUT2D eigenvalue weighted by molar-refractivity contribution is -0.127. The second-order valence-electron chi connectivity index (χ2n) is 7.91. The average molecular weight is 388 g/mol. The smallest absolute Gasteiger partial charge is 0.262 e. The number of hydrogen-bond acceptors (Lipinski definition) is 4. The van der Waals surface area contributed by atoms with Gasteiger partial charge in [0.2, 0.25) is 5.91 Å². The molecule has 1 aliphatic carbocycles. The van der Waals surface area contributed by atoms with E-state index in [0.717, 1.165) is 12.8 Å². The van der Waals surface area contributed by atoms with Crippen LogP contribution in [0.2, 0.25) is 0 Å². The minimum atomic E-state index is -0.296. The zero-order valence-corrected chi connectivity index (χ0v) is 17.6. The van der Waals surface area contributed by atoms with Gasteiger partial charge >= 0.3 is 0 Å². The number of nitrogens with zero attached hydrogens (tertiary/aromatic N) is 3. The average Bonchev–Trinajstić information content (AvgIpc) is 2.64. The predicted molar refractivity (Wildman–Crippen MR) is 111 cm³/mol. The number of fused-ring (bicyclic) bond motifs is 1. The summed E-state index contributed by atoms with van der Waals surface area (Å²) in [6.45, 7) is 6.38. The Morgan fingerprint density at radius 2 is 1.96 bits per heavy atom. The van der Waals surface area contributed by atoms with Gasteiger partial charge in [-0.3, -0.25) is 14.2 Å². The van der Waals surface area contributed by atoms with E-state index in [1.54, 1.807) is 19.0 Å². The van der Waals surface area contributed by atoms with E-state index in [0.29, 0.717) is 27.9 Å². The van der Waals surface area contributed by atoms with Crippen molar-refractivity contribution >= 4 is 28.6 Å². The van der Waals surface area contributed by atoms with Crippen molar-refractivity contribution < 1.29 is 4.79 Å². The Balaban J connectivity index is 2.13. The van der Waals surface area contributed by atoms with Crippen molar-refractivity contribution in [1.82, 2.24) is 14.5 Å². The quantitative estimate of drug-likeness (QED) is 0.588. The highest BCUT2D eigenvalue weighted by Crippen LogP contribution is 2.39. The van der Waals surface area contributed by atoms with Crippen LogP contribution in [0.1, 0.15) is 46.1 Å². The second kappa shape index (κ2) is 8.05. The van der Waals surface area contributed by atoms with Crippen molar-refractivity contribution in [2.24, 2.45) is 11.8 Å². The largest absolute Gasteiger partial charge is 0.348 e. The topological polar surface area (TPSA) is 55.2 Å². The second-order valence-corrected chi connectivity index (χ2v) is 9.22. The molecule has 1 aromatic heterocycles. The van der Waals surface area contributed by atoms with Crippen molar-refractivity contribution in [3.63, 3.8) is 0 Å². The molecule has 0 N–H and O–H groups in total. The molecule has 6 heteroatoms. The Labute approximate surface area is 165 Å². The van der Waals surface area contributed by atoms with Crippen molar-refractivity contribution in [2.75, 3.05) is 14.1 Å². The van der Waals surface area contributed by atoms with Gasteiger partial charge < -0.3 is 4.90 Å². The fraction of sp³-hybridized carbons (Fsp3) is 0.571. The molecule has 3 rings (SSSR count). The van der Waals surface area contributed by atoms with E-state index in [1.165, 1.54) is 18.2 Å². The summed E-state index contributed by atoms with van der Waals surface area (Å²) >= 11 is 1.39. The molecule has 0 bridgehead atoms. The molecule has 0 aliphatic heterocycles. The van der Waals surface area contributed by atoms with Gasteiger partial charge in [0.15, 0.2) is 5.16 Å². The summed E-state index contributed by atoms with van der Waals surface area (Å²) in [6, 6.07) is 7.63. The standard InChI is InChI=1S/C21H29N3O2S/c1-13-9-8-12-18(14(13)2)24-20(26)16-10-6-7-11-17(16)22-21(24)27-15(3)19(25)23(4)5/h6-7,10-11,13-15,18H,8-9,12H2,1-5H3/t13-,14-,15+,18+/m1/s1. The molecule has 1 saturated carbocycles. The molecule has 0 saturated heterocycles. The fourth-order valence-corrected chi connectivity index (χ4v) is 5.10. The van der Waals surface area contributed by atoms with Crippen molar-refractivity contribution in [1.29, 1.82) is 0 Å². The van der Waals surface area contributed by atoms with Crippen molar-refractivity contribution in [3.8, 4) is 0 Å². The third kappa shape index (κ3) is 3.91. The van der Waals surface area contributed by atoms with Crippen LogP contribution in [-0.2, 0) is 4.79 Å². The Bertz CT molecular complexity index is 893. The van der Waals surface area contributed by atoms with E-state index in [4.69, 9.17) is 4.98 Å². The molecular formula is C21H29N3O2S. The van der Waals surface area contributed by atoms with Crippen LogP contribution in [0.3, 0.4) is 0 Å². The third-order valence-electron chi connectivity index (χ3n) is 5.84. The zero-order valence-electron chi connectivity index (χ0n) is 16.8. The number of benzene rings is 1. The van der Waals surface area contributed by atoms with Crippen LogP contribution in [0.5, 0.6) is 0 Å². The Morgan fingerprint density at radius 3 is 2.67 bits per heavy atom. The first-order valence-corrected chi connectivity index (χ1v) is 10.6.